The van der Waals surface area contributed by atoms with Gasteiger partial charge >= 0.3 is 0 Å². The Labute approximate surface area is 174 Å². The van der Waals surface area contributed by atoms with Gasteiger partial charge in [0.05, 0.1) is 32.1 Å². The highest BCUT2D eigenvalue weighted by atomic mass is 35.5. The van der Waals surface area contributed by atoms with Crippen LogP contribution >= 0.6 is 11.6 Å². The molecule has 1 atom stereocenters. The summed E-state index contributed by atoms with van der Waals surface area (Å²) in [6, 6.07) is 6.18. The molecule has 8 nitrogen and oxygen atoms in total. The van der Waals surface area contributed by atoms with Crippen LogP contribution in [-0.4, -0.2) is 54.1 Å². The molecular weight excluding hydrogens is 394 g/mol. The largest absolute Gasteiger partial charge is 0.495 e. The maximum absolute atomic E-state index is 11.1. The van der Waals surface area contributed by atoms with E-state index in [1.54, 1.807) is 18.2 Å². The summed E-state index contributed by atoms with van der Waals surface area (Å²) >= 11 is 6.23. The Morgan fingerprint density at radius 1 is 1.38 bits per heavy atom. The SMILES string of the molecule is COc1cc(C2CN(C=O)CCO2)ccc1Nc1ncc(Cl)c(NC2CCC2)n1. The Morgan fingerprint density at radius 2 is 2.24 bits per heavy atom. The number of halogens is 1. The van der Waals surface area contributed by atoms with E-state index in [4.69, 9.17) is 21.1 Å². The predicted molar refractivity (Wildman–Crippen MR) is 111 cm³/mol. The lowest BCUT2D eigenvalue weighted by Gasteiger charge is -2.30. The van der Waals surface area contributed by atoms with Crippen molar-refractivity contribution < 1.29 is 14.3 Å². The molecule has 154 valence electrons. The first-order valence-corrected chi connectivity index (χ1v) is 10.1. The second kappa shape index (κ2) is 8.84. The van der Waals surface area contributed by atoms with Crippen molar-refractivity contribution in [2.45, 2.75) is 31.4 Å². The van der Waals surface area contributed by atoms with Crippen LogP contribution in [-0.2, 0) is 9.53 Å². The lowest BCUT2D eigenvalue weighted by molar-refractivity contribution is -0.125. The minimum atomic E-state index is -0.179. The normalized spacial score (nSPS) is 19.4. The van der Waals surface area contributed by atoms with E-state index in [1.807, 2.05) is 18.2 Å². The highest BCUT2D eigenvalue weighted by molar-refractivity contribution is 6.32. The number of morpholine rings is 1. The lowest BCUT2D eigenvalue weighted by atomic mass is 9.93. The number of nitrogens with one attached hydrogen (secondary N) is 2. The number of nitrogens with zero attached hydrogens (tertiary/aromatic N) is 3. The molecule has 1 amide bonds. The van der Waals surface area contributed by atoms with Crippen molar-refractivity contribution in [1.29, 1.82) is 0 Å². The molecule has 2 N–H and O–H groups in total. The monoisotopic (exact) mass is 417 g/mol. The minimum Gasteiger partial charge on any atom is -0.495 e. The van der Waals surface area contributed by atoms with Crippen molar-refractivity contribution in [3.05, 3.63) is 35.0 Å². The summed E-state index contributed by atoms with van der Waals surface area (Å²) < 4.78 is 11.4. The molecule has 2 aromatic rings. The van der Waals surface area contributed by atoms with Gasteiger partial charge in [-0.25, -0.2) is 4.98 Å². The number of benzene rings is 1. The van der Waals surface area contributed by atoms with Gasteiger partial charge in [0.15, 0.2) is 5.82 Å². The number of aromatic nitrogens is 2. The number of rotatable bonds is 7. The minimum absolute atomic E-state index is 0.179. The molecule has 1 saturated carbocycles. The Balaban J connectivity index is 1.51. The number of carbonyl (C=O) groups excluding carboxylic acids is 1. The van der Waals surface area contributed by atoms with Gasteiger partial charge in [-0.3, -0.25) is 4.79 Å². The van der Waals surface area contributed by atoms with E-state index < -0.39 is 0 Å². The van der Waals surface area contributed by atoms with Crippen LogP contribution in [0.4, 0.5) is 17.5 Å². The van der Waals surface area contributed by atoms with Crippen LogP contribution in [0.3, 0.4) is 0 Å². The van der Waals surface area contributed by atoms with Crippen molar-refractivity contribution in [3.63, 3.8) is 0 Å². The van der Waals surface area contributed by atoms with Gasteiger partial charge in [-0.15, -0.1) is 0 Å². The fraction of sp³-hybridized carbons (Fsp3) is 0.450. The molecule has 0 bridgehead atoms. The molecule has 2 fully saturated rings. The van der Waals surface area contributed by atoms with E-state index in [2.05, 4.69) is 20.6 Å². The van der Waals surface area contributed by atoms with Crippen molar-refractivity contribution >= 4 is 35.5 Å². The predicted octanol–water partition coefficient (Wildman–Crippen LogP) is 3.38. The lowest BCUT2D eigenvalue weighted by Crippen LogP contribution is -2.37. The molecule has 4 rings (SSSR count). The van der Waals surface area contributed by atoms with Crippen LogP contribution in [0.15, 0.2) is 24.4 Å². The fourth-order valence-electron chi connectivity index (χ4n) is 3.37. The fourth-order valence-corrected chi connectivity index (χ4v) is 3.52. The van der Waals surface area contributed by atoms with Gasteiger partial charge in [0.2, 0.25) is 12.4 Å². The highest BCUT2D eigenvalue weighted by Gasteiger charge is 2.22. The molecule has 1 aliphatic heterocycles. The van der Waals surface area contributed by atoms with E-state index >= 15 is 0 Å². The zero-order chi connectivity index (χ0) is 20.2. The third-order valence-electron chi connectivity index (χ3n) is 5.28. The van der Waals surface area contributed by atoms with Crippen molar-refractivity contribution in [1.82, 2.24) is 14.9 Å². The molecular formula is C20H24ClN5O3. The Kier molecular flexibility index (Phi) is 6.01. The number of amides is 1. The van der Waals surface area contributed by atoms with Crippen molar-refractivity contribution in [3.8, 4) is 5.75 Å². The zero-order valence-electron chi connectivity index (χ0n) is 16.2. The van der Waals surface area contributed by atoms with Crippen LogP contribution in [0.1, 0.15) is 30.9 Å². The number of hydrogen-bond acceptors (Lipinski definition) is 7. The summed E-state index contributed by atoms with van der Waals surface area (Å²) in [4.78, 5) is 21.6. The summed E-state index contributed by atoms with van der Waals surface area (Å²) in [5.41, 5.74) is 1.68. The van der Waals surface area contributed by atoms with Crippen molar-refractivity contribution in [2.75, 3.05) is 37.4 Å². The number of ether oxygens (including phenoxy) is 2. The number of carbonyl (C=O) groups is 1. The van der Waals surface area contributed by atoms with Gasteiger partial charge in [0.1, 0.15) is 16.9 Å². The standard InChI is InChI=1S/C20H24ClN5O3/c1-28-17-9-13(18-11-26(12-27)7-8-29-18)5-6-16(17)24-20-22-10-15(21)19(25-20)23-14-3-2-4-14/h5-6,9-10,12,14,18H,2-4,7-8,11H2,1H3,(H2,22,23,24,25). The molecule has 1 aliphatic carbocycles. The van der Waals surface area contributed by atoms with Gasteiger partial charge in [0.25, 0.3) is 0 Å². The highest BCUT2D eigenvalue weighted by Crippen LogP contribution is 2.33. The van der Waals surface area contributed by atoms with Gasteiger partial charge in [-0.2, -0.15) is 4.98 Å². The first kappa shape index (κ1) is 19.7. The molecule has 1 unspecified atom stereocenters. The summed E-state index contributed by atoms with van der Waals surface area (Å²) in [7, 11) is 1.61. The van der Waals surface area contributed by atoms with E-state index in [0.29, 0.717) is 48.3 Å². The second-order valence-corrected chi connectivity index (χ2v) is 7.61. The first-order chi connectivity index (χ1) is 14.2. The number of methoxy groups -OCH3 is 1. The topological polar surface area (TPSA) is 88.6 Å². The van der Waals surface area contributed by atoms with Gasteiger partial charge in [0, 0.05) is 12.6 Å². The molecule has 1 aromatic heterocycles. The van der Waals surface area contributed by atoms with Gasteiger partial charge in [-0.1, -0.05) is 17.7 Å². The van der Waals surface area contributed by atoms with Crippen LogP contribution in [0, 0.1) is 0 Å². The first-order valence-electron chi connectivity index (χ1n) is 9.71. The quantitative estimate of drug-likeness (QED) is 0.667. The second-order valence-electron chi connectivity index (χ2n) is 7.21. The molecule has 1 aromatic carbocycles. The van der Waals surface area contributed by atoms with E-state index in [0.717, 1.165) is 30.5 Å². The molecule has 1 saturated heterocycles. The van der Waals surface area contributed by atoms with Crippen molar-refractivity contribution in [2.24, 2.45) is 0 Å². The summed E-state index contributed by atoms with van der Waals surface area (Å²) in [5.74, 6) is 1.71. The average molecular weight is 418 g/mol. The average Bonchev–Trinajstić information content (AvgIpc) is 2.73. The summed E-state index contributed by atoms with van der Waals surface area (Å²) in [6.45, 7) is 1.65. The van der Waals surface area contributed by atoms with Crippen LogP contribution in [0.2, 0.25) is 5.02 Å². The van der Waals surface area contributed by atoms with E-state index in [-0.39, 0.29) is 6.10 Å². The maximum atomic E-state index is 11.1. The van der Waals surface area contributed by atoms with Gasteiger partial charge in [-0.05, 0) is 37.0 Å². The summed E-state index contributed by atoms with van der Waals surface area (Å²) in [5, 5.41) is 7.06. The Bertz CT molecular complexity index is 877. The molecule has 2 heterocycles. The van der Waals surface area contributed by atoms with E-state index in [1.165, 1.54) is 6.42 Å². The molecule has 9 heteroatoms. The molecule has 2 aliphatic rings. The number of hydrogen-bond donors (Lipinski definition) is 2. The molecule has 29 heavy (non-hydrogen) atoms. The zero-order valence-corrected chi connectivity index (χ0v) is 17.0. The van der Waals surface area contributed by atoms with E-state index in [9.17, 15) is 4.79 Å². The maximum Gasteiger partial charge on any atom is 0.229 e. The third kappa shape index (κ3) is 4.54. The van der Waals surface area contributed by atoms with Crippen LogP contribution in [0.5, 0.6) is 5.75 Å². The van der Waals surface area contributed by atoms with Crippen LogP contribution in [0.25, 0.3) is 0 Å². The van der Waals surface area contributed by atoms with Crippen LogP contribution < -0.4 is 15.4 Å². The smallest absolute Gasteiger partial charge is 0.229 e. The molecule has 0 radical (unpaired) electrons. The Hall–Kier alpha value is -2.58. The van der Waals surface area contributed by atoms with Gasteiger partial charge < -0.3 is 25.0 Å². The number of anilines is 3. The summed E-state index contributed by atoms with van der Waals surface area (Å²) in [6.07, 6.45) is 5.75. The third-order valence-corrected chi connectivity index (χ3v) is 5.56. The molecule has 0 spiro atoms. The Morgan fingerprint density at radius 3 is 2.97 bits per heavy atom.